The minimum atomic E-state index is -0.235. The number of benzene rings is 2. The summed E-state index contributed by atoms with van der Waals surface area (Å²) in [6.45, 7) is 8.07. The highest BCUT2D eigenvalue weighted by molar-refractivity contribution is 5.95. The first-order valence-corrected chi connectivity index (χ1v) is 12.2. The summed E-state index contributed by atoms with van der Waals surface area (Å²) in [5, 5.41) is 2.96. The predicted molar refractivity (Wildman–Crippen MR) is 140 cm³/mol. The van der Waals surface area contributed by atoms with Gasteiger partial charge in [0, 0.05) is 44.5 Å². The third kappa shape index (κ3) is 6.26. The first kappa shape index (κ1) is 25.3. The van der Waals surface area contributed by atoms with E-state index in [0.717, 1.165) is 49.7 Å². The fourth-order valence-electron chi connectivity index (χ4n) is 4.17. The SMILES string of the molecule is CCN1CCN(c2ccc(CNC(=O)c3cc(OC)c(OCc4ccccc4)c(OC)c3)cn2)CC1. The van der Waals surface area contributed by atoms with E-state index in [-0.39, 0.29) is 5.91 Å². The number of nitrogens with zero attached hydrogens (tertiary/aromatic N) is 3. The van der Waals surface area contributed by atoms with E-state index in [2.05, 4.69) is 27.0 Å². The Bertz CT molecular complexity index is 1110. The van der Waals surface area contributed by atoms with Crippen LogP contribution >= 0.6 is 0 Å². The number of methoxy groups -OCH3 is 2. The summed E-state index contributed by atoms with van der Waals surface area (Å²) in [6, 6.07) is 17.2. The second kappa shape index (κ2) is 12.3. The Morgan fingerprint density at radius 1 is 0.944 bits per heavy atom. The molecule has 4 rings (SSSR count). The molecule has 0 radical (unpaired) electrons. The Hall–Kier alpha value is -3.78. The molecule has 3 aromatic rings. The van der Waals surface area contributed by atoms with Crippen molar-refractivity contribution in [1.29, 1.82) is 0 Å². The quantitative estimate of drug-likeness (QED) is 0.464. The number of amides is 1. The second-order valence-electron chi connectivity index (χ2n) is 8.61. The topological polar surface area (TPSA) is 76.2 Å². The Balaban J connectivity index is 1.38. The van der Waals surface area contributed by atoms with Gasteiger partial charge in [-0.1, -0.05) is 43.3 Å². The van der Waals surface area contributed by atoms with Gasteiger partial charge >= 0.3 is 0 Å². The largest absolute Gasteiger partial charge is 0.493 e. The molecular formula is C28H34N4O4. The predicted octanol–water partition coefficient (Wildman–Crippen LogP) is 3.75. The molecule has 190 valence electrons. The van der Waals surface area contributed by atoms with Gasteiger partial charge in [-0.3, -0.25) is 4.79 Å². The molecule has 0 unspecified atom stereocenters. The minimum absolute atomic E-state index is 0.235. The standard InChI is InChI=1S/C28H34N4O4/c1-4-31-12-14-32(15-13-31)26-11-10-22(18-29-26)19-30-28(33)23-16-24(34-2)27(25(17-23)35-3)36-20-21-8-6-5-7-9-21/h5-11,16-18H,4,12-15,19-20H2,1-3H3,(H,30,33). The van der Waals surface area contributed by atoms with Crippen LogP contribution in [0.5, 0.6) is 17.2 Å². The Kier molecular flexibility index (Phi) is 8.62. The van der Waals surface area contributed by atoms with Gasteiger partial charge in [-0.15, -0.1) is 0 Å². The van der Waals surface area contributed by atoms with Crippen LogP contribution in [-0.4, -0.2) is 62.7 Å². The van der Waals surface area contributed by atoms with Gasteiger partial charge in [0.05, 0.1) is 14.2 Å². The summed E-state index contributed by atoms with van der Waals surface area (Å²) in [6.07, 6.45) is 1.82. The van der Waals surface area contributed by atoms with E-state index >= 15 is 0 Å². The summed E-state index contributed by atoms with van der Waals surface area (Å²) in [5.74, 6) is 2.07. The molecule has 8 heteroatoms. The van der Waals surface area contributed by atoms with Crippen LogP contribution in [0.2, 0.25) is 0 Å². The zero-order valence-corrected chi connectivity index (χ0v) is 21.2. The normalized spacial score (nSPS) is 13.8. The number of anilines is 1. The van der Waals surface area contributed by atoms with Crippen molar-refractivity contribution < 1.29 is 19.0 Å². The number of aromatic nitrogens is 1. The van der Waals surface area contributed by atoms with Gasteiger partial charge in [0.2, 0.25) is 5.75 Å². The van der Waals surface area contributed by atoms with Crippen LogP contribution in [0.15, 0.2) is 60.8 Å². The maximum absolute atomic E-state index is 12.9. The number of nitrogens with one attached hydrogen (secondary N) is 1. The second-order valence-corrected chi connectivity index (χ2v) is 8.61. The highest BCUT2D eigenvalue weighted by Crippen LogP contribution is 2.39. The van der Waals surface area contributed by atoms with Gasteiger partial charge in [0.1, 0.15) is 12.4 Å². The summed E-state index contributed by atoms with van der Waals surface area (Å²) < 4.78 is 17.0. The fraction of sp³-hybridized carbons (Fsp3) is 0.357. The number of hydrogen-bond donors (Lipinski definition) is 1. The molecule has 0 spiro atoms. The van der Waals surface area contributed by atoms with Crippen LogP contribution in [0.3, 0.4) is 0 Å². The molecule has 0 bridgehead atoms. The van der Waals surface area contributed by atoms with Crippen molar-refractivity contribution in [3.63, 3.8) is 0 Å². The zero-order valence-electron chi connectivity index (χ0n) is 21.2. The number of pyridine rings is 1. The van der Waals surface area contributed by atoms with Gasteiger partial charge in [-0.05, 0) is 35.9 Å². The maximum Gasteiger partial charge on any atom is 0.251 e. The maximum atomic E-state index is 12.9. The van der Waals surface area contributed by atoms with Crippen LogP contribution in [0.1, 0.15) is 28.4 Å². The lowest BCUT2D eigenvalue weighted by Crippen LogP contribution is -2.46. The first-order valence-electron chi connectivity index (χ1n) is 12.2. The van der Waals surface area contributed by atoms with Crippen LogP contribution in [0.25, 0.3) is 0 Å². The number of rotatable bonds is 10. The molecule has 1 aromatic heterocycles. The minimum Gasteiger partial charge on any atom is -0.493 e. The van der Waals surface area contributed by atoms with E-state index in [0.29, 0.717) is 36.0 Å². The van der Waals surface area contributed by atoms with Crippen molar-refractivity contribution in [1.82, 2.24) is 15.2 Å². The lowest BCUT2D eigenvalue weighted by atomic mass is 10.1. The molecule has 2 heterocycles. The van der Waals surface area contributed by atoms with Crippen molar-refractivity contribution in [3.8, 4) is 17.2 Å². The van der Waals surface area contributed by atoms with Crippen molar-refractivity contribution in [2.45, 2.75) is 20.1 Å². The zero-order chi connectivity index (χ0) is 25.3. The van der Waals surface area contributed by atoms with E-state index < -0.39 is 0 Å². The molecule has 1 amide bonds. The van der Waals surface area contributed by atoms with Crippen molar-refractivity contribution in [2.24, 2.45) is 0 Å². The number of ether oxygens (including phenoxy) is 3. The Labute approximate surface area is 212 Å². The molecule has 1 saturated heterocycles. The number of likely N-dealkylation sites (N-methyl/N-ethyl adjacent to an activating group) is 1. The molecule has 0 atom stereocenters. The van der Waals surface area contributed by atoms with Gasteiger partial charge in [-0.25, -0.2) is 4.98 Å². The lowest BCUT2D eigenvalue weighted by Gasteiger charge is -2.34. The molecule has 0 aliphatic carbocycles. The average Bonchev–Trinajstić information content (AvgIpc) is 2.95. The molecule has 1 aliphatic rings. The molecule has 1 aliphatic heterocycles. The monoisotopic (exact) mass is 490 g/mol. The third-order valence-electron chi connectivity index (χ3n) is 6.35. The number of hydrogen-bond acceptors (Lipinski definition) is 7. The fourth-order valence-corrected chi connectivity index (χ4v) is 4.17. The van der Waals surface area contributed by atoms with Gasteiger partial charge in [0.25, 0.3) is 5.91 Å². The first-order chi connectivity index (χ1) is 17.6. The molecule has 36 heavy (non-hydrogen) atoms. The molecule has 0 saturated carbocycles. The third-order valence-corrected chi connectivity index (χ3v) is 6.35. The summed E-state index contributed by atoms with van der Waals surface area (Å²) >= 11 is 0. The van der Waals surface area contributed by atoms with E-state index in [1.807, 2.05) is 48.7 Å². The summed E-state index contributed by atoms with van der Waals surface area (Å²) in [4.78, 5) is 22.3. The average molecular weight is 491 g/mol. The van der Waals surface area contributed by atoms with E-state index in [1.54, 1.807) is 26.4 Å². The Morgan fingerprint density at radius 3 is 2.22 bits per heavy atom. The lowest BCUT2D eigenvalue weighted by molar-refractivity contribution is 0.0950. The molecule has 1 N–H and O–H groups in total. The number of piperazine rings is 1. The van der Waals surface area contributed by atoms with Crippen LogP contribution in [0.4, 0.5) is 5.82 Å². The van der Waals surface area contributed by atoms with E-state index in [9.17, 15) is 4.79 Å². The van der Waals surface area contributed by atoms with Gasteiger partial charge in [-0.2, -0.15) is 0 Å². The highest BCUT2D eigenvalue weighted by atomic mass is 16.5. The summed E-state index contributed by atoms with van der Waals surface area (Å²) in [7, 11) is 3.09. The van der Waals surface area contributed by atoms with Crippen LogP contribution < -0.4 is 24.4 Å². The van der Waals surface area contributed by atoms with Gasteiger partial charge in [0.15, 0.2) is 11.5 Å². The highest BCUT2D eigenvalue weighted by Gasteiger charge is 2.19. The smallest absolute Gasteiger partial charge is 0.251 e. The molecule has 1 fully saturated rings. The number of carbonyl (C=O) groups is 1. The summed E-state index contributed by atoms with van der Waals surface area (Å²) in [5.41, 5.74) is 2.38. The van der Waals surface area contributed by atoms with Crippen molar-refractivity contribution in [3.05, 3.63) is 77.5 Å². The van der Waals surface area contributed by atoms with Crippen LogP contribution in [-0.2, 0) is 13.2 Å². The van der Waals surface area contributed by atoms with Gasteiger partial charge < -0.3 is 29.3 Å². The Morgan fingerprint density at radius 2 is 1.64 bits per heavy atom. The molecule has 8 nitrogen and oxygen atoms in total. The molecular weight excluding hydrogens is 456 g/mol. The molecule has 2 aromatic carbocycles. The van der Waals surface area contributed by atoms with E-state index in [4.69, 9.17) is 14.2 Å². The van der Waals surface area contributed by atoms with E-state index in [1.165, 1.54) is 0 Å². The van der Waals surface area contributed by atoms with Crippen molar-refractivity contribution >= 4 is 11.7 Å². The van der Waals surface area contributed by atoms with Crippen molar-refractivity contribution in [2.75, 3.05) is 51.8 Å². The number of carbonyl (C=O) groups excluding carboxylic acids is 1. The van der Waals surface area contributed by atoms with Crippen LogP contribution in [0, 0.1) is 0 Å².